The zero-order valence-corrected chi connectivity index (χ0v) is 12.8. The summed E-state index contributed by atoms with van der Waals surface area (Å²) < 4.78 is 32.2. The van der Waals surface area contributed by atoms with Crippen LogP contribution in [0.2, 0.25) is 10.0 Å². The van der Waals surface area contributed by atoms with E-state index in [-0.39, 0.29) is 32.6 Å². The van der Waals surface area contributed by atoms with Crippen molar-refractivity contribution in [3.8, 4) is 11.6 Å². The van der Waals surface area contributed by atoms with Gasteiger partial charge >= 0.3 is 0 Å². The van der Waals surface area contributed by atoms with Crippen molar-refractivity contribution >= 4 is 33.3 Å². The second kappa shape index (κ2) is 6.60. The predicted molar refractivity (Wildman–Crippen MR) is 77.0 cm³/mol. The van der Waals surface area contributed by atoms with Gasteiger partial charge in [0.2, 0.25) is 5.88 Å². The molecule has 0 aliphatic heterocycles. The molecule has 6 N–H and O–H groups in total. The Hall–Kier alpha value is -1.36. The summed E-state index contributed by atoms with van der Waals surface area (Å²) in [6.07, 6.45) is 0. The fraction of sp³-hybridized carbons (Fsp3) is 0.100. The summed E-state index contributed by atoms with van der Waals surface area (Å²) in [6, 6.07) is 3.59. The van der Waals surface area contributed by atoms with Crippen molar-refractivity contribution < 1.29 is 29.0 Å². The van der Waals surface area contributed by atoms with Gasteiger partial charge in [-0.25, -0.2) is 0 Å². The molecule has 2 aromatic rings. The number of hydrogen-bond acceptors (Lipinski definition) is 4. The lowest BCUT2D eigenvalue weighted by Crippen LogP contribution is -2.03. The first-order chi connectivity index (χ1) is 8.70. The van der Waals surface area contributed by atoms with Crippen molar-refractivity contribution in [2.75, 3.05) is 0 Å². The van der Waals surface area contributed by atoms with E-state index in [1.165, 1.54) is 12.1 Å². The lowest BCUT2D eigenvalue weighted by molar-refractivity contribution is 0.433. The average Bonchev–Trinajstić information content (AvgIpc) is 2.59. The largest absolute Gasteiger partial charge is 0.493 e. The van der Waals surface area contributed by atoms with E-state index in [2.05, 4.69) is 5.10 Å². The minimum absolute atomic E-state index is 0. The lowest BCUT2D eigenvalue weighted by Gasteiger charge is -2.08. The van der Waals surface area contributed by atoms with Gasteiger partial charge in [0.05, 0.1) is 21.4 Å². The topological polar surface area (TPSA) is 155 Å². The second-order valence-electron chi connectivity index (χ2n) is 3.76. The summed E-state index contributed by atoms with van der Waals surface area (Å²) in [5, 5.41) is 13.4. The first-order valence-corrected chi connectivity index (χ1v) is 7.12. The van der Waals surface area contributed by atoms with Crippen molar-refractivity contribution in [2.45, 2.75) is 11.8 Å². The van der Waals surface area contributed by atoms with Gasteiger partial charge in [0.15, 0.2) is 0 Å². The highest BCUT2D eigenvalue weighted by molar-refractivity contribution is 7.86. The molecule has 11 heteroatoms. The van der Waals surface area contributed by atoms with Crippen LogP contribution in [0.5, 0.6) is 5.88 Å². The Morgan fingerprint density at radius 3 is 2.14 bits per heavy atom. The molecule has 0 atom stereocenters. The second-order valence-corrected chi connectivity index (χ2v) is 5.97. The van der Waals surface area contributed by atoms with E-state index >= 15 is 0 Å². The van der Waals surface area contributed by atoms with Gasteiger partial charge in [-0.15, -0.1) is 0 Å². The van der Waals surface area contributed by atoms with E-state index in [1.54, 1.807) is 6.92 Å². The Morgan fingerprint density at radius 1 is 1.14 bits per heavy atom. The van der Waals surface area contributed by atoms with Crippen LogP contribution in [0.1, 0.15) is 5.69 Å². The van der Waals surface area contributed by atoms with Gasteiger partial charge in [0.25, 0.3) is 10.1 Å². The van der Waals surface area contributed by atoms with Gasteiger partial charge in [-0.1, -0.05) is 23.2 Å². The number of aromatic nitrogens is 2. The quantitative estimate of drug-likeness (QED) is 0.758. The Kier molecular flexibility index (Phi) is 6.17. The van der Waals surface area contributed by atoms with Crippen LogP contribution >= 0.6 is 23.2 Å². The highest BCUT2D eigenvalue weighted by Gasteiger charge is 2.19. The lowest BCUT2D eigenvalue weighted by atomic mass is 10.3. The molecule has 1 aromatic carbocycles. The molecule has 118 valence electrons. The Bertz CT molecular complexity index is 759. The summed E-state index contributed by atoms with van der Waals surface area (Å²) in [7, 11) is -4.47. The van der Waals surface area contributed by atoms with E-state index in [1.807, 2.05) is 0 Å². The van der Waals surface area contributed by atoms with Crippen molar-refractivity contribution in [1.82, 2.24) is 9.78 Å². The van der Waals surface area contributed by atoms with Crippen LogP contribution in [0.25, 0.3) is 5.69 Å². The molecule has 0 bridgehead atoms. The number of rotatable bonds is 2. The van der Waals surface area contributed by atoms with Crippen molar-refractivity contribution in [2.24, 2.45) is 0 Å². The third-order valence-electron chi connectivity index (χ3n) is 2.32. The highest BCUT2D eigenvalue weighted by Crippen LogP contribution is 2.32. The molecular weight excluding hydrogens is 347 g/mol. The smallest absolute Gasteiger partial charge is 0.296 e. The molecular formula is C10H12Cl2N2O6S. The monoisotopic (exact) mass is 358 g/mol. The van der Waals surface area contributed by atoms with E-state index in [4.69, 9.17) is 27.8 Å². The number of halogens is 2. The minimum Gasteiger partial charge on any atom is -0.493 e. The van der Waals surface area contributed by atoms with Crippen LogP contribution in [0.15, 0.2) is 23.1 Å². The molecule has 21 heavy (non-hydrogen) atoms. The van der Waals surface area contributed by atoms with E-state index in [0.717, 1.165) is 10.7 Å². The van der Waals surface area contributed by atoms with E-state index in [0.29, 0.717) is 5.69 Å². The predicted octanol–water partition coefficient (Wildman–Crippen LogP) is 0.790. The van der Waals surface area contributed by atoms with Crippen molar-refractivity contribution in [3.05, 3.63) is 33.9 Å². The van der Waals surface area contributed by atoms with Crippen LogP contribution in [0.3, 0.4) is 0 Å². The molecule has 0 radical (unpaired) electrons. The molecule has 0 saturated heterocycles. The number of aryl methyl sites for hydroxylation is 1. The SMILES string of the molecule is Cc1cc(O)n(-c2cc(Cl)c(S(=O)(=O)O)cc2Cl)n1.O.O. The van der Waals surface area contributed by atoms with Crippen LogP contribution in [0.4, 0.5) is 0 Å². The zero-order chi connectivity index (χ0) is 14.4. The van der Waals surface area contributed by atoms with Crippen LogP contribution in [-0.4, -0.2) is 38.8 Å². The molecule has 0 saturated carbocycles. The normalized spacial score (nSPS) is 10.7. The maximum atomic E-state index is 11.1. The van der Waals surface area contributed by atoms with Crippen molar-refractivity contribution in [1.29, 1.82) is 0 Å². The fourth-order valence-electron chi connectivity index (χ4n) is 1.54. The van der Waals surface area contributed by atoms with Crippen molar-refractivity contribution in [3.63, 3.8) is 0 Å². The van der Waals surface area contributed by atoms with Gasteiger partial charge in [0, 0.05) is 6.07 Å². The molecule has 0 fully saturated rings. The third-order valence-corrected chi connectivity index (χ3v) is 3.94. The minimum atomic E-state index is -4.47. The summed E-state index contributed by atoms with van der Waals surface area (Å²) in [4.78, 5) is -0.508. The van der Waals surface area contributed by atoms with Gasteiger partial charge in [-0.3, -0.25) is 4.55 Å². The fourth-order valence-corrected chi connectivity index (χ4v) is 2.87. The van der Waals surface area contributed by atoms with E-state index in [9.17, 15) is 13.5 Å². The van der Waals surface area contributed by atoms with Crippen LogP contribution < -0.4 is 0 Å². The molecule has 1 heterocycles. The van der Waals surface area contributed by atoms with Gasteiger partial charge in [0.1, 0.15) is 4.90 Å². The summed E-state index contributed by atoms with van der Waals surface area (Å²) >= 11 is 11.7. The Balaban J connectivity index is 0.00000200. The van der Waals surface area contributed by atoms with Crippen LogP contribution in [-0.2, 0) is 10.1 Å². The summed E-state index contributed by atoms with van der Waals surface area (Å²) in [6.45, 7) is 1.66. The zero-order valence-electron chi connectivity index (χ0n) is 10.5. The molecule has 2 rings (SSSR count). The highest BCUT2D eigenvalue weighted by atomic mass is 35.5. The number of hydrogen-bond donors (Lipinski definition) is 2. The molecule has 1 aromatic heterocycles. The molecule has 0 amide bonds. The molecule has 0 unspecified atom stereocenters. The molecule has 8 nitrogen and oxygen atoms in total. The Labute approximate surface area is 129 Å². The van der Waals surface area contributed by atoms with Gasteiger partial charge in [-0.05, 0) is 19.1 Å². The first kappa shape index (κ1) is 19.6. The Morgan fingerprint density at radius 2 is 1.71 bits per heavy atom. The number of benzene rings is 1. The number of nitrogens with zero attached hydrogens (tertiary/aromatic N) is 2. The van der Waals surface area contributed by atoms with Gasteiger partial charge in [-0.2, -0.15) is 18.2 Å². The maximum absolute atomic E-state index is 11.1. The molecule has 0 spiro atoms. The molecule has 0 aliphatic carbocycles. The third kappa shape index (κ3) is 3.84. The van der Waals surface area contributed by atoms with Gasteiger partial charge < -0.3 is 16.1 Å². The summed E-state index contributed by atoms with van der Waals surface area (Å²) in [5.41, 5.74) is 0.744. The number of aromatic hydroxyl groups is 1. The molecule has 0 aliphatic rings. The maximum Gasteiger partial charge on any atom is 0.296 e. The first-order valence-electron chi connectivity index (χ1n) is 4.92. The standard InChI is InChI=1S/C10H8Cl2N2O4S.2H2O/c1-5-2-10(15)14(13-5)8-3-7(12)9(4-6(8)11)19(16,17)18;;/h2-4,15H,1H3,(H,16,17,18);2*1H2. The van der Waals surface area contributed by atoms with E-state index < -0.39 is 15.0 Å². The van der Waals surface area contributed by atoms with Crippen LogP contribution in [0, 0.1) is 6.92 Å². The average molecular weight is 359 g/mol. The summed E-state index contributed by atoms with van der Waals surface area (Å²) in [5.74, 6) is -0.171.